The molecule has 0 aromatic heterocycles. The van der Waals surface area contributed by atoms with Gasteiger partial charge < -0.3 is 20.5 Å². The monoisotopic (exact) mass is 370 g/mol. The van der Waals surface area contributed by atoms with Crippen molar-refractivity contribution in [3.05, 3.63) is 29.8 Å². The molecule has 142 valence electrons. The summed E-state index contributed by atoms with van der Waals surface area (Å²) in [6.07, 6.45) is 0.570. The zero-order valence-electron chi connectivity index (χ0n) is 15.8. The van der Waals surface area contributed by atoms with Crippen molar-refractivity contribution in [3.8, 4) is 5.75 Å². The fraction of sp³-hybridized carbons (Fsp3) is 0.632. The molecule has 2 rings (SSSR count). The van der Waals surface area contributed by atoms with E-state index in [1.807, 2.05) is 58.9 Å². The van der Waals surface area contributed by atoms with Crippen molar-refractivity contribution in [2.75, 3.05) is 13.2 Å². The molecule has 1 fully saturated rings. The van der Waals surface area contributed by atoms with Crippen LogP contribution in [0.2, 0.25) is 0 Å². The fourth-order valence-electron chi connectivity index (χ4n) is 3.27. The summed E-state index contributed by atoms with van der Waals surface area (Å²) in [6, 6.07) is 7.63. The standard InChI is InChI=1S/C19H30N2O3.ClH/c1-6-23-15-10-8-9-14(11-15)13(3)21-17(22)19(20)12-16(24-7-2)18(19,4)5;/h8-11,13,16H,6-7,12,20H2,1-5H3,(H,21,22);1H. The number of ether oxygens (including phenoxy) is 2. The topological polar surface area (TPSA) is 73.6 Å². The number of carbonyl (C=O) groups excluding carboxylic acids is 1. The van der Waals surface area contributed by atoms with Crippen LogP contribution in [0.5, 0.6) is 5.75 Å². The molecule has 3 N–H and O–H groups in total. The molecular formula is C19H31ClN2O3. The second-order valence-corrected chi connectivity index (χ2v) is 7.04. The van der Waals surface area contributed by atoms with Gasteiger partial charge in [0, 0.05) is 18.4 Å². The number of halogens is 1. The summed E-state index contributed by atoms with van der Waals surface area (Å²) in [6.45, 7) is 11.1. The first kappa shape index (κ1) is 21.7. The third-order valence-electron chi connectivity index (χ3n) is 5.25. The van der Waals surface area contributed by atoms with E-state index in [1.54, 1.807) is 0 Å². The van der Waals surface area contributed by atoms with Crippen LogP contribution in [0, 0.1) is 5.41 Å². The smallest absolute Gasteiger partial charge is 0.241 e. The van der Waals surface area contributed by atoms with E-state index in [9.17, 15) is 4.79 Å². The Kier molecular flexibility index (Phi) is 7.29. The normalized spacial score (nSPS) is 25.3. The summed E-state index contributed by atoms with van der Waals surface area (Å²) in [4.78, 5) is 12.8. The van der Waals surface area contributed by atoms with Gasteiger partial charge in [-0.05, 0) is 38.5 Å². The number of hydrogen-bond acceptors (Lipinski definition) is 4. The molecule has 6 heteroatoms. The van der Waals surface area contributed by atoms with E-state index in [1.165, 1.54) is 0 Å². The SMILES string of the molecule is CCOc1cccc(C(C)NC(=O)C2(N)CC(OCC)C2(C)C)c1.Cl. The first-order chi connectivity index (χ1) is 11.3. The van der Waals surface area contributed by atoms with Gasteiger partial charge in [0.15, 0.2) is 0 Å². The first-order valence-electron chi connectivity index (χ1n) is 8.70. The van der Waals surface area contributed by atoms with Gasteiger partial charge in [0.1, 0.15) is 11.3 Å². The minimum Gasteiger partial charge on any atom is -0.494 e. The molecule has 1 amide bonds. The number of amides is 1. The number of nitrogens with one attached hydrogen (secondary N) is 1. The fourth-order valence-corrected chi connectivity index (χ4v) is 3.27. The molecule has 0 spiro atoms. The summed E-state index contributed by atoms with van der Waals surface area (Å²) >= 11 is 0. The maximum absolute atomic E-state index is 12.8. The Morgan fingerprint density at radius 2 is 2.04 bits per heavy atom. The maximum atomic E-state index is 12.8. The second kappa shape index (κ2) is 8.39. The lowest BCUT2D eigenvalue weighted by atomic mass is 9.54. The maximum Gasteiger partial charge on any atom is 0.241 e. The van der Waals surface area contributed by atoms with Crippen molar-refractivity contribution < 1.29 is 14.3 Å². The molecule has 5 nitrogen and oxygen atoms in total. The van der Waals surface area contributed by atoms with Gasteiger partial charge in [0.05, 0.1) is 18.8 Å². The molecule has 0 aliphatic heterocycles. The van der Waals surface area contributed by atoms with Crippen molar-refractivity contribution in [2.24, 2.45) is 11.1 Å². The molecule has 25 heavy (non-hydrogen) atoms. The second-order valence-electron chi connectivity index (χ2n) is 7.04. The Labute approximate surface area is 157 Å². The number of rotatable bonds is 7. The highest BCUT2D eigenvalue weighted by atomic mass is 35.5. The Hall–Kier alpha value is -1.30. The molecule has 0 saturated heterocycles. The quantitative estimate of drug-likeness (QED) is 0.772. The molecule has 0 radical (unpaired) electrons. The van der Waals surface area contributed by atoms with Crippen LogP contribution >= 0.6 is 12.4 Å². The molecule has 1 aromatic rings. The highest BCUT2D eigenvalue weighted by molar-refractivity contribution is 5.89. The number of benzene rings is 1. The van der Waals surface area contributed by atoms with Crippen molar-refractivity contribution >= 4 is 18.3 Å². The van der Waals surface area contributed by atoms with E-state index in [0.29, 0.717) is 19.6 Å². The van der Waals surface area contributed by atoms with Crippen LogP contribution in [-0.2, 0) is 9.53 Å². The van der Waals surface area contributed by atoms with Crippen LogP contribution < -0.4 is 15.8 Å². The van der Waals surface area contributed by atoms with Gasteiger partial charge in [-0.15, -0.1) is 12.4 Å². The molecule has 3 atom stereocenters. The lowest BCUT2D eigenvalue weighted by Crippen LogP contribution is -2.75. The van der Waals surface area contributed by atoms with E-state index in [2.05, 4.69) is 5.32 Å². The van der Waals surface area contributed by atoms with E-state index in [-0.39, 0.29) is 35.9 Å². The van der Waals surface area contributed by atoms with Crippen LogP contribution in [0.1, 0.15) is 52.6 Å². The van der Waals surface area contributed by atoms with Gasteiger partial charge in [-0.25, -0.2) is 0 Å². The van der Waals surface area contributed by atoms with Crippen LogP contribution in [0.4, 0.5) is 0 Å². The minimum absolute atomic E-state index is 0. The van der Waals surface area contributed by atoms with Gasteiger partial charge >= 0.3 is 0 Å². The van der Waals surface area contributed by atoms with Gasteiger partial charge in [0.25, 0.3) is 0 Å². The molecule has 1 aromatic carbocycles. The van der Waals surface area contributed by atoms with E-state index in [4.69, 9.17) is 15.2 Å². The van der Waals surface area contributed by atoms with E-state index >= 15 is 0 Å². The van der Waals surface area contributed by atoms with Crippen molar-refractivity contribution in [1.29, 1.82) is 0 Å². The van der Waals surface area contributed by atoms with Crippen molar-refractivity contribution in [3.63, 3.8) is 0 Å². The molecular weight excluding hydrogens is 340 g/mol. The van der Waals surface area contributed by atoms with Gasteiger partial charge in [0.2, 0.25) is 5.91 Å². The Bertz CT molecular complexity index is 594. The number of hydrogen-bond donors (Lipinski definition) is 2. The van der Waals surface area contributed by atoms with Crippen LogP contribution in [0.15, 0.2) is 24.3 Å². The zero-order chi connectivity index (χ0) is 18.0. The van der Waals surface area contributed by atoms with E-state index in [0.717, 1.165) is 11.3 Å². The lowest BCUT2D eigenvalue weighted by molar-refractivity contribution is -0.171. The molecule has 0 bridgehead atoms. The predicted molar refractivity (Wildman–Crippen MR) is 102 cm³/mol. The third kappa shape index (κ3) is 4.10. The van der Waals surface area contributed by atoms with E-state index < -0.39 is 5.54 Å². The average molecular weight is 371 g/mol. The Morgan fingerprint density at radius 1 is 1.36 bits per heavy atom. The van der Waals surface area contributed by atoms with Crippen LogP contribution in [-0.4, -0.2) is 30.8 Å². The number of nitrogens with two attached hydrogens (primary N) is 1. The van der Waals surface area contributed by atoms with Crippen molar-refractivity contribution in [2.45, 2.75) is 58.7 Å². The first-order valence-corrected chi connectivity index (χ1v) is 8.70. The molecule has 0 heterocycles. The lowest BCUT2D eigenvalue weighted by Gasteiger charge is -2.57. The number of carbonyl (C=O) groups is 1. The molecule has 1 saturated carbocycles. The predicted octanol–water partition coefficient (Wildman–Crippen LogP) is 3.22. The molecule has 3 unspecified atom stereocenters. The third-order valence-corrected chi connectivity index (χ3v) is 5.25. The Morgan fingerprint density at radius 3 is 2.60 bits per heavy atom. The summed E-state index contributed by atoms with van der Waals surface area (Å²) in [5.41, 5.74) is 6.14. The summed E-state index contributed by atoms with van der Waals surface area (Å²) in [5, 5.41) is 3.05. The van der Waals surface area contributed by atoms with Crippen LogP contribution in [0.25, 0.3) is 0 Å². The van der Waals surface area contributed by atoms with Gasteiger partial charge in [-0.1, -0.05) is 26.0 Å². The van der Waals surface area contributed by atoms with Crippen molar-refractivity contribution in [1.82, 2.24) is 5.32 Å². The highest BCUT2D eigenvalue weighted by Crippen LogP contribution is 2.50. The van der Waals surface area contributed by atoms with Gasteiger partial charge in [-0.3, -0.25) is 4.79 Å². The summed E-state index contributed by atoms with van der Waals surface area (Å²) in [5.74, 6) is 0.678. The summed E-state index contributed by atoms with van der Waals surface area (Å²) in [7, 11) is 0. The molecule has 1 aliphatic carbocycles. The van der Waals surface area contributed by atoms with Crippen LogP contribution in [0.3, 0.4) is 0 Å². The highest BCUT2D eigenvalue weighted by Gasteiger charge is 2.62. The zero-order valence-corrected chi connectivity index (χ0v) is 16.6. The minimum atomic E-state index is -0.904. The van der Waals surface area contributed by atoms with Gasteiger partial charge in [-0.2, -0.15) is 0 Å². The largest absolute Gasteiger partial charge is 0.494 e. The summed E-state index contributed by atoms with van der Waals surface area (Å²) < 4.78 is 11.2. The molecule has 1 aliphatic rings. The average Bonchev–Trinajstić information content (AvgIpc) is 2.55. The Balaban J connectivity index is 0.00000312.